The predicted octanol–water partition coefficient (Wildman–Crippen LogP) is 3.12. The van der Waals surface area contributed by atoms with Crippen LogP contribution in [-0.2, 0) is 4.74 Å². The molecule has 0 aliphatic rings. The minimum absolute atomic E-state index is 0.206. The predicted molar refractivity (Wildman–Crippen MR) is 66.6 cm³/mol. The first kappa shape index (κ1) is 11.3. The molecule has 0 bridgehead atoms. The Morgan fingerprint density at radius 2 is 2.25 bits per heavy atom. The van der Waals surface area contributed by atoms with Crippen LogP contribution in [-0.4, -0.2) is 24.4 Å². The van der Waals surface area contributed by atoms with E-state index < -0.39 is 0 Å². The Labute approximate surface area is 101 Å². The number of carbonyl (C=O) groups excluding carboxylic acids is 1. The molecular weight excluding hydrogens is 244 g/mol. The van der Waals surface area contributed by atoms with Gasteiger partial charge in [-0.2, -0.15) is 0 Å². The van der Waals surface area contributed by atoms with Crippen LogP contribution in [0.3, 0.4) is 0 Å². The van der Waals surface area contributed by atoms with Crippen LogP contribution in [0.4, 0.5) is 0 Å². The van der Waals surface area contributed by atoms with Gasteiger partial charge in [0.2, 0.25) is 0 Å². The minimum atomic E-state index is -0.332. The molecule has 0 radical (unpaired) electrons. The number of rotatable bonds is 2. The summed E-state index contributed by atoms with van der Waals surface area (Å²) in [5, 5.41) is 10.2. The van der Waals surface area contributed by atoms with Gasteiger partial charge in [0, 0.05) is 10.1 Å². The lowest BCUT2D eigenvalue weighted by Crippen LogP contribution is -2.00. The number of aromatic hydroxyl groups is 1. The second-order valence-electron chi connectivity index (χ2n) is 3.14. The third-order valence-corrected chi connectivity index (χ3v) is 4.49. The summed E-state index contributed by atoms with van der Waals surface area (Å²) >= 11 is 2.99. The molecule has 5 heteroatoms. The van der Waals surface area contributed by atoms with E-state index in [0.717, 1.165) is 14.3 Å². The van der Waals surface area contributed by atoms with Gasteiger partial charge < -0.3 is 9.84 Å². The lowest BCUT2D eigenvalue weighted by molar-refractivity contribution is 0.0600. The van der Waals surface area contributed by atoms with Crippen molar-refractivity contribution < 1.29 is 14.6 Å². The quantitative estimate of drug-likeness (QED) is 0.660. The van der Waals surface area contributed by atoms with Crippen LogP contribution in [0.15, 0.2) is 22.4 Å². The molecule has 84 valence electrons. The number of hydrogen-bond donors (Lipinski definition) is 1. The van der Waals surface area contributed by atoms with Crippen LogP contribution >= 0.6 is 23.1 Å². The number of benzene rings is 1. The molecular formula is C11H10O3S2. The second kappa shape index (κ2) is 4.35. The molecule has 1 aromatic carbocycles. The van der Waals surface area contributed by atoms with E-state index in [9.17, 15) is 9.90 Å². The molecule has 3 nitrogen and oxygen atoms in total. The lowest BCUT2D eigenvalue weighted by atomic mass is 10.2. The Kier molecular flexibility index (Phi) is 3.07. The van der Waals surface area contributed by atoms with Gasteiger partial charge in [-0.15, -0.1) is 23.1 Å². The third-order valence-electron chi connectivity index (χ3n) is 2.22. The number of hydrogen-bond acceptors (Lipinski definition) is 5. The molecule has 1 N–H and O–H groups in total. The molecule has 2 rings (SSSR count). The average molecular weight is 254 g/mol. The Hall–Kier alpha value is -1.20. The molecule has 0 saturated heterocycles. The first-order valence-corrected chi connectivity index (χ1v) is 6.59. The summed E-state index contributed by atoms with van der Waals surface area (Å²) < 4.78 is 6.57. The number of ether oxygens (including phenoxy) is 1. The van der Waals surface area contributed by atoms with Gasteiger partial charge in [0.15, 0.2) is 0 Å². The topological polar surface area (TPSA) is 46.5 Å². The summed E-state index contributed by atoms with van der Waals surface area (Å²) in [7, 11) is 1.37. The number of thiophene rings is 1. The maximum absolute atomic E-state index is 11.7. The Morgan fingerprint density at radius 1 is 1.50 bits per heavy atom. The largest absolute Gasteiger partial charge is 0.508 e. The van der Waals surface area contributed by atoms with E-state index in [1.807, 2.05) is 6.26 Å². The maximum atomic E-state index is 11.7. The van der Waals surface area contributed by atoms with Crippen molar-refractivity contribution >= 4 is 39.2 Å². The standard InChI is InChI=1S/C11H10O3S2/c1-14-10(13)9-7-4-3-6(12)5-8(7)16-11(9)15-2/h3-5,12H,1-2H3. The van der Waals surface area contributed by atoms with Gasteiger partial charge in [0.1, 0.15) is 5.75 Å². The summed E-state index contributed by atoms with van der Waals surface area (Å²) in [6, 6.07) is 4.98. The molecule has 0 atom stereocenters. The molecule has 0 unspecified atom stereocenters. The van der Waals surface area contributed by atoms with Gasteiger partial charge in [0.05, 0.1) is 16.9 Å². The van der Waals surface area contributed by atoms with Crippen molar-refractivity contribution in [2.24, 2.45) is 0 Å². The zero-order valence-electron chi connectivity index (χ0n) is 8.81. The zero-order chi connectivity index (χ0) is 11.7. The normalized spacial score (nSPS) is 10.6. The van der Waals surface area contributed by atoms with Crippen LogP contribution in [0.25, 0.3) is 10.1 Å². The molecule has 0 aliphatic heterocycles. The number of thioether (sulfide) groups is 1. The summed E-state index contributed by atoms with van der Waals surface area (Å²) in [4.78, 5) is 11.7. The number of phenolic OH excluding ortho intramolecular Hbond substituents is 1. The summed E-state index contributed by atoms with van der Waals surface area (Å²) in [6.07, 6.45) is 1.91. The van der Waals surface area contributed by atoms with Crippen LogP contribution in [0.2, 0.25) is 0 Å². The molecule has 1 aromatic heterocycles. The molecule has 0 aliphatic carbocycles. The first-order valence-electron chi connectivity index (χ1n) is 4.55. The van der Waals surface area contributed by atoms with Crippen LogP contribution in [0, 0.1) is 0 Å². The fourth-order valence-corrected chi connectivity index (χ4v) is 3.46. The Morgan fingerprint density at radius 3 is 2.88 bits per heavy atom. The fraction of sp³-hybridized carbons (Fsp3) is 0.182. The molecule has 0 amide bonds. The minimum Gasteiger partial charge on any atom is -0.508 e. The van der Waals surface area contributed by atoms with Crippen LogP contribution in [0.5, 0.6) is 5.75 Å². The summed E-state index contributed by atoms with van der Waals surface area (Å²) in [6.45, 7) is 0. The number of esters is 1. The number of fused-ring (bicyclic) bond motifs is 1. The maximum Gasteiger partial charge on any atom is 0.340 e. The van der Waals surface area contributed by atoms with Gasteiger partial charge in [-0.3, -0.25) is 0 Å². The van der Waals surface area contributed by atoms with E-state index in [0.29, 0.717) is 5.56 Å². The molecule has 0 spiro atoms. The van der Waals surface area contributed by atoms with Gasteiger partial charge in [-0.25, -0.2) is 4.79 Å². The number of phenols is 1. The smallest absolute Gasteiger partial charge is 0.340 e. The van der Waals surface area contributed by atoms with E-state index in [2.05, 4.69) is 0 Å². The van der Waals surface area contributed by atoms with Crippen molar-refractivity contribution in [1.82, 2.24) is 0 Å². The highest BCUT2D eigenvalue weighted by atomic mass is 32.2. The summed E-state index contributed by atoms with van der Waals surface area (Å²) in [5.41, 5.74) is 0.593. The molecule has 0 fully saturated rings. The van der Waals surface area contributed by atoms with E-state index in [-0.39, 0.29) is 11.7 Å². The van der Waals surface area contributed by atoms with Crippen LogP contribution < -0.4 is 0 Å². The molecule has 16 heavy (non-hydrogen) atoms. The van der Waals surface area contributed by atoms with Gasteiger partial charge in [0.25, 0.3) is 0 Å². The first-order chi connectivity index (χ1) is 7.67. The van der Waals surface area contributed by atoms with Crippen molar-refractivity contribution in [3.05, 3.63) is 23.8 Å². The fourth-order valence-electron chi connectivity index (χ4n) is 1.50. The number of methoxy groups -OCH3 is 1. The Balaban J connectivity index is 2.73. The van der Waals surface area contributed by atoms with E-state index >= 15 is 0 Å². The summed E-state index contributed by atoms with van der Waals surface area (Å²) in [5.74, 6) is -0.126. The van der Waals surface area contributed by atoms with E-state index in [1.54, 1.807) is 18.2 Å². The highest BCUT2D eigenvalue weighted by Crippen LogP contribution is 2.38. The van der Waals surface area contributed by atoms with Crippen molar-refractivity contribution in [1.29, 1.82) is 0 Å². The van der Waals surface area contributed by atoms with Crippen molar-refractivity contribution in [2.75, 3.05) is 13.4 Å². The average Bonchev–Trinajstić information content (AvgIpc) is 2.65. The third kappa shape index (κ3) is 1.76. The van der Waals surface area contributed by atoms with Crippen molar-refractivity contribution in [3.8, 4) is 5.75 Å². The molecule has 2 aromatic rings. The highest BCUT2D eigenvalue weighted by molar-refractivity contribution is 8.00. The molecule has 0 saturated carbocycles. The number of carbonyl (C=O) groups is 1. The van der Waals surface area contributed by atoms with Crippen LogP contribution in [0.1, 0.15) is 10.4 Å². The van der Waals surface area contributed by atoms with Crippen molar-refractivity contribution in [3.63, 3.8) is 0 Å². The Bertz CT molecular complexity index is 545. The molecule has 1 heterocycles. The van der Waals surface area contributed by atoms with E-state index in [1.165, 1.54) is 30.2 Å². The van der Waals surface area contributed by atoms with Gasteiger partial charge in [-0.1, -0.05) is 0 Å². The van der Waals surface area contributed by atoms with E-state index in [4.69, 9.17) is 4.74 Å². The lowest BCUT2D eigenvalue weighted by Gasteiger charge is -1.99. The highest BCUT2D eigenvalue weighted by Gasteiger charge is 2.19. The van der Waals surface area contributed by atoms with Crippen molar-refractivity contribution in [2.45, 2.75) is 4.21 Å². The SMILES string of the molecule is COC(=O)c1c(SC)sc2cc(O)ccc12. The zero-order valence-corrected chi connectivity index (χ0v) is 10.4. The second-order valence-corrected chi connectivity index (χ2v) is 5.27. The monoisotopic (exact) mass is 254 g/mol. The van der Waals surface area contributed by atoms with Gasteiger partial charge in [-0.05, 0) is 24.5 Å². The van der Waals surface area contributed by atoms with Gasteiger partial charge >= 0.3 is 5.97 Å².